The molecular formula is C12H13NO7. The number of carbonyl (C=O) groups is 1. The Kier molecular flexibility index (Phi) is 3.98. The number of hydrogen-bond acceptors (Lipinski definition) is 7. The molecule has 8 nitrogen and oxygen atoms in total. The van der Waals surface area contributed by atoms with Gasteiger partial charge in [-0.05, 0) is 19.1 Å². The van der Waals surface area contributed by atoms with E-state index >= 15 is 0 Å². The number of carbonyl (C=O) groups excluding carboxylic acids is 1. The molecule has 0 saturated carbocycles. The van der Waals surface area contributed by atoms with E-state index in [2.05, 4.69) is 0 Å². The lowest BCUT2D eigenvalue weighted by Gasteiger charge is -2.34. The third-order valence-electron chi connectivity index (χ3n) is 2.93. The second-order valence-corrected chi connectivity index (χ2v) is 4.37. The van der Waals surface area contributed by atoms with Crippen LogP contribution in [0.5, 0.6) is 5.75 Å². The van der Waals surface area contributed by atoms with Crippen molar-refractivity contribution in [2.75, 3.05) is 0 Å². The minimum absolute atomic E-state index is 0.109. The second kappa shape index (κ2) is 5.53. The zero-order valence-electron chi connectivity index (χ0n) is 10.5. The maximum Gasteiger partial charge on any atom is 0.269 e. The molecule has 1 aromatic carbocycles. The van der Waals surface area contributed by atoms with Crippen molar-refractivity contribution in [3.05, 3.63) is 34.4 Å². The molecule has 0 radical (unpaired) electrons. The summed E-state index contributed by atoms with van der Waals surface area (Å²) in [4.78, 5) is 21.5. The van der Waals surface area contributed by atoms with Crippen LogP contribution < -0.4 is 4.74 Å². The minimum atomic E-state index is -1.61. The number of Topliss-reactive ketones (excluding diaryl/α,β-unsaturated/α-hetero) is 1. The highest BCUT2D eigenvalue weighted by Crippen LogP contribution is 2.23. The number of nitrogens with zero attached hydrogens (tertiary/aromatic N) is 1. The predicted octanol–water partition coefficient (Wildman–Crippen LogP) is 0.00930. The van der Waals surface area contributed by atoms with Crippen LogP contribution in [-0.4, -0.2) is 45.5 Å². The van der Waals surface area contributed by atoms with Crippen LogP contribution in [0.25, 0.3) is 0 Å². The highest BCUT2D eigenvalue weighted by molar-refractivity contribution is 5.88. The Morgan fingerprint density at radius 3 is 2.40 bits per heavy atom. The van der Waals surface area contributed by atoms with Crippen molar-refractivity contribution in [1.82, 2.24) is 0 Å². The van der Waals surface area contributed by atoms with Crippen molar-refractivity contribution in [2.24, 2.45) is 0 Å². The van der Waals surface area contributed by atoms with Gasteiger partial charge < -0.3 is 19.7 Å². The van der Waals surface area contributed by atoms with Gasteiger partial charge in [-0.1, -0.05) is 0 Å². The molecule has 1 aromatic rings. The van der Waals surface area contributed by atoms with Crippen LogP contribution >= 0.6 is 0 Å². The van der Waals surface area contributed by atoms with Crippen molar-refractivity contribution in [1.29, 1.82) is 0 Å². The maximum absolute atomic E-state index is 11.5. The SMILES string of the molecule is C[C@@H]1O[C@@H](Oc2ccc([N+](=O)[O-])cc2)[C@@H](O)C(=O)[C@@H]1O. The topological polar surface area (TPSA) is 119 Å². The van der Waals surface area contributed by atoms with E-state index < -0.39 is 35.3 Å². The molecule has 1 fully saturated rings. The van der Waals surface area contributed by atoms with Crippen molar-refractivity contribution in [3.8, 4) is 5.75 Å². The summed E-state index contributed by atoms with van der Waals surface area (Å²) in [6, 6.07) is 5.11. The van der Waals surface area contributed by atoms with E-state index in [0.29, 0.717) is 0 Å². The Labute approximate surface area is 113 Å². The van der Waals surface area contributed by atoms with Crippen LogP contribution in [0.2, 0.25) is 0 Å². The van der Waals surface area contributed by atoms with Crippen LogP contribution in [0, 0.1) is 10.1 Å². The summed E-state index contributed by atoms with van der Waals surface area (Å²) in [5.41, 5.74) is -0.109. The fourth-order valence-electron chi connectivity index (χ4n) is 1.77. The summed E-state index contributed by atoms with van der Waals surface area (Å²) in [5, 5.41) is 29.6. The van der Waals surface area contributed by atoms with E-state index in [1.165, 1.54) is 31.2 Å². The fraction of sp³-hybridized carbons (Fsp3) is 0.417. The summed E-state index contributed by atoms with van der Waals surface area (Å²) < 4.78 is 10.5. The number of aliphatic hydroxyl groups excluding tert-OH is 2. The number of aliphatic hydroxyl groups is 2. The molecule has 4 atom stereocenters. The average molecular weight is 283 g/mol. The van der Waals surface area contributed by atoms with Gasteiger partial charge in [-0.15, -0.1) is 0 Å². The van der Waals surface area contributed by atoms with Gasteiger partial charge in [0, 0.05) is 12.1 Å². The highest BCUT2D eigenvalue weighted by atomic mass is 16.7. The standard InChI is InChI=1S/C12H13NO7/c1-6-9(14)10(15)11(16)12(19-6)20-8-4-2-7(3-5-8)13(17)18/h2-6,9,11-12,14,16H,1H3/t6-,9+,11-,12-/m0/s1. The molecule has 2 N–H and O–H groups in total. The third kappa shape index (κ3) is 2.77. The zero-order valence-corrected chi connectivity index (χ0v) is 10.5. The molecule has 0 bridgehead atoms. The smallest absolute Gasteiger partial charge is 0.269 e. The molecule has 108 valence electrons. The molecule has 8 heteroatoms. The van der Waals surface area contributed by atoms with E-state index in [-0.39, 0.29) is 11.4 Å². The van der Waals surface area contributed by atoms with E-state index in [1.54, 1.807) is 0 Å². The molecule has 1 saturated heterocycles. The molecule has 1 heterocycles. The van der Waals surface area contributed by atoms with Gasteiger partial charge in [0.15, 0.2) is 11.9 Å². The lowest BCUT2D eigenvalue weighted by Crippen LogP contribution is -2.55. The number of nitro groups is 1. The molecule has 1 aliphatic heterocycles. The van der Waals surface area contributed by atoms with Gasteiger partial charge in [-0.3, -0.25) is 14.9 Å². The number of benzene rings is 1. The normalized spacial score (nSPS) is 30.1. The lowest BCUT2D eigenvalue weighted by atomic mass is 10.0. The van der Waals surface area contributed by atoms with Crippen molar-refractivity contribution in [2.45, 2.75) is 31.5 Å². The summed E-state index contributed by atoms with van der Waals surface area (Å²) >= 11 is 0. The lowest BCUT2D eigenvalue weighted by molar-refractivity contribution is -0.384. The molecule has 1 aliphatic rings. The molecule has 0 unspecified atom stereocenters. The summed E-state index contributed by atoms with van der Waals surface area (Å²) in [6.07, 6.45) is -5.09. The second-order valence-electron chi connectivity index (χ2n) is 4.37. The van der Waals surface area contributed by atoms with Gasteiger partial charge >= 0.3 is 0 Å². The van der Waals surface area contributed by atoms with E-state index in [0.717, 1.165) is 0 Å². The van der Waals surface area contributed by atoms with Crippen molar-refractivity contribution in [3.63, 3.8) is 0 Å². The van der Waals surface area contributed by atoms with E-state index in [1.807, 2.05) is 0 Å². The molecule has 0 spiro atoms. The molecule has 20 heavy (non-hydrogen) atoms. The van der Waals surface area contributed by atoms with Crippen molar-refractivity contribution < 1.29 is 29.4 Å². The quantitative estimate of drug-likeness (QED) is 0.592. The molecule has 0 aromatic heterocycles. The van der Waals surface area contributed by atoms with Crippen LogP contribution in [0.15, 0.2) is 24.3 Å². The van der Waals surface area contributed by atoms with Gasteiger partial charge in [-0.25, -0.2) is 0 Å². The van der Waals surface area contributed by atoms with Crippen LogP contribution in [0.3, 0.4) is 0 Å². The predicted molar refractivity (Wildman–Crippen MR) is 65.1 cm³/mol. The number of non-ortho nitro benzene ring substituents is 1. The van der Waals surface area contributed by atoms with Crippen LogP contribution in [-0.2, 0) is 9.53 Å². The highest BCUT2D eigenvalue weighted by Gasteiger charge is 2.42. The van der Waals surface area contributed by atoms with Crippen molar-refractivity contribution >= 4 is 11.5 Å². The molecule has 0 amide bonds. The Bertz CT molecular complexity index is 515. The Morgan fingerprint density at radius 1 is 1.25 bits per heavy atom. The first kappa shape index (κ1) is 14.4. The van der Waals surface area contributed by atoms with Gasteiger partial charge in [0.25, 0.3) is 5.69 Å². The summed E-state index contributed by atoms with van der Waals surface area (Å²) in [7, 11) is 0. The largest absolute Gasteiger partial charge is 0.462 e. The van der Waals surface area contributed by atoms with Gasteiger partial charge in [0.05, 0.1) is 11.0 Å². The number of hydrogen-bond donors (Lipinski definition) is 2. The number of rotatable bonds is 3. The number of nitro benzene ring substituents is 1. The van der Waals surface area contributed by atoms with Crippen LogP contribution in [0.4, 0.5) is 5.69 Å². The Hall–Kier alpha value is -2.03. The van der Waals surface area contributed by atoms with Gasteiger partial charge in [0.1, 0.15) is 11.9 Å². The molecule has 2 rings (SSSR count). The Balaban J connectivity index is 2.09. The van der Waals surface area contributed by atoms with Crippen LogP contribution in [0.1, 0.15) is 6.92 Å². The van der Waals surface area contributed by atoms with E-state index in [4.69, 9.17) is 9.47 Å². The minimum Gasteiger partial charge on any atom is -0.462 e. The molecule has 0 aliphatic carbocycles. The fourth-order valence-corrected chi connectivity index (χ4v) is 1.77. The molecular weight excluding hydrogens is 270 g/mol. The summed E-state index contributed by atoms with van der Waals surface area (Å²) in [5.74, 6) is -0.577. The third-order valence-corrected chi connectivity index (χ3v) is 2.93. The van der Waals surface area contributed by atoms with Gasteiger partial charge in [-0.2, -0.15) is 0 Å². The first-order valence-corrected chi connectivity index (χ1v) is 5.86. The number of ether oxygens (including phenoxy) is 2. The summed E-state index contributed by atoms with van der Waals surface area (Å²) in [6.45, 7) is 1.47. The van der Waals surface area contributed by atoms with Gasteiger partial charge in [0.2, 0.25) is 6.29 Å². The first-order chi connectivity index (χ1) is 9.40. The Morgan fingerprint density at radius 2 is 1.85 bits per heavy atom. The van der Waals surface area contributed by atoms with E-state index in [9.17, 15) is 25.1 Å². The average Bonchev–Trinajstić information content (AvgIpc) is 2.43. The zero-order chi connectivity index (χ0) is 14.9. The first-order valence-electron chi connectivity index (χ1n) is 5.86. The number of ketones is 1. The monoisotopic (exact) mass is 283 g/mol. The maximum atomic E-state index is 11.5.